The van der Waals surface area contributed by atoms with Crippen molar-refractivity contribution in [2.75, 3.05) is 0 Å². The highest BCUT2D eigenvalue weighted by atomic mass is 32.2. The monoisotopic (exact) mass is 336 g/mol. The highest BCUT2D eigenvalue weighted by Crippen LogP contribution is 2.15. The van der Waals surface area contributed by atoms with Crippen LogP contribution in [0.1, 0.15) is 97.3 Å². The van der Waals surface area contributed by atoms with Crippen molar-refractivity contribution < 1.29 is 18.1 Å². The molecule has 22 heavy (non-hydrogen) atoms. The summed E-state index contributed by atoms with van der Waals surface area (Å²) in [6, 6.07) is 0. The SMILES string of the molecule is CCCCCCCCCCCC(O)CCCC(C)S(=O)(=O)O. The molecule has 0 saturated heterocycles. The molecule has 5 heteroatoms. The van der Waals surface area contributed by atoms with Crippen LogP contribution in [-0.2, 0) is 10.1 Å². The molecule has 0 aliphatic carbocycles. The zero-order chi connectivity index (χ0) is 16.8. The topological polar surface area (TPSA) is 74.6 Å². The maximum absolute atomic E-state index is 10.9. The van der Waals surface area contributed by atoms with Crippen LogP contribution < -0.4 is 0 Å². The van der Waals surface area contributed by atoms with Gasteiger partial charge in [-0.15, -0.1) is 0 Å². The fourth-order valence-corrected chi connectivity index (χ4v) is 3.09. The normalized spacial score (nSPS) is 14.9. The van der Waals surface area contributed by atoms with E-state index in [1.54, 1.807) is 0 Å². The number of hydrogen-bond acceptors (Lipinski definition) is 3. The Bertz CT molecular complexity index is 341. The van der Waals surface area contributed by atoms with Gasteiger partial charge in [-0.25, -0.2) is 0 Å². The minimum Gasteiger partial charge on any atom is -0.393 e. The van der Waals surface area contributed by atoms with Gasteiger partial charge in [0.1, 0.15) is 0 Å². The lowest BCUT2D eigenvalue weighted by molar-refractivity contribution is 0.147. The van der Waals surface area contributed by atoms with Gasteiger partial charge in [-0.05, 0) is 32.6 Å². The van der Waals surface area contributed by atoms with Crippen LogP contribution >= 0.6 is 0 Å². The van der Waals surface area contributed by atoms with E-state index in [0.29, 0.717) is 19.3 Å². The lowest BCUT2D eigenvalue weighted by atomic mass is 10.0. The van der Waals surface area contributed by atoms with Crippen LogP contribution in [0.3, 0.4) is 0 Å². The first kappa shape index (κ1) is 21.9. The summed E-state index contributed by atoms with van der Waals surface area (Å²) < 4.78 is 30.6. The zero-order valence-electron chi connectivity index (χ0n) is 14.5. The molecule has 0 aliphatic heterocycles. The molecule has 0 fully saturated rings. The smallest absolute Gasteiger partial charge is 0.267 e. The standard InChI is InChI=1S/C17H36O4S/c1-3-4-5-6-7-8-9-10-11-14-17(18)15-12-13-16(2)22(19,20)21/h16-18H,3-15H2,1-2H3,(H,19,20,21). The molecule has 0 aromatic carbocycles. The molecule has 0 aliphatic rings. The molecule has 0 spiro atoms. The van der Waals surface area contributed by atoms with E-state index in [1.165, 1.54) is 58.3 Å². The first-order valence-corrected chi connectivity index (χ1v) is 10.5. The van der Waals surface area contributed by atoms with Crippen molar-refractivity contribution in [2.24, 2.45) is 0 Å². The molecular formula is C17H36O4S. The summed E-state index contributed by atoms with van der Waals surface area (Å²) in [6.07, 6.45) is 13.6. The molecule has 0 amide bonds. The summed E-state index contributed by atoms with van der Waals surface area (Å²) in [5.74, 6) is 0. The van der Waals surface area contributed by atoms with E-state index >= 15 is 0 Å². The van der Waals surface area contributed by atoms with Crippen LogP contribution in [0.15, 0.2) is 0 Å². The average molecular weight is 337 g/mol. The van der Waals surface area contributed by atoms with E-state index in [4.69, 9.17) is 4.55 Å². The lowest BCUT2D eigenvalue weighted by Gasteiger charge is -2.12. The van der Waals surface area contributed by atoms with Crippen LogP contribution in [0.4, 0.5) is 0 Å². The quantitative estimate of drug-likeness (QED) is 0.335. The van der Waals surface area contributed by atoms with Crippen molar-refractivity contribution in [3.05, 3.63) is 0 Å². The van der Waals surface area contributed by atoms with E-state index in [2.05, 4.69) is 6.92 Å². The van der Waals surface area contributed by atoms with E-state index in [-0.39, 0.29) is 6.10 Å². The summed E-state index contributed by atoms with van der Waals surface area (Å²) in [6.45, 7) is 3.73. The highest BCUT2D eigenvalue weighted by molar-refractivity contribution is 7.86. The maximum atomic E-state index is 10.9. The second-order valence-corrected chi connectivity index (χ2v) is 8.36. The van der Waals surface area contributed by atoms with E-state index in [1.807, 2.05) is 0 Å². The predicted molar refractivity (Wildman–Crippen MR) is 92.7 cm³/mol. The van der Waals surface area contributed by atoms with Crippen molar-refractivity contribution in [3.63, 3.8) is 0 Å². The Kier molecular flexibility index (Phi) is 13.2. The fourth-order valence-electron chi connectivity index (χ4n) is 2.62. The molecular weight excluding hydrogens is 300 g/mol. The number of hydrogen-bond donors (Lipinski definition) is 2. The molecule has 0 rings (SSSR count). The Hall–Kier alpha value is -0.130. The molecule has 4 nitrogen and oxygen atoms in total. The molecule has 0 heterocycles. The summed E-state index contributed by atoms with van der Waals surface area (Å²) >= 11 is 0. The van der Waals surface area contributed by atoms with Gasteiger partial charge in [0, 0.05) is 0 Å². The molecule has 0 aromatic rings. The Balaban J connectivity index is 3.38. The molecule has 0 radical (unpaired) electrons. The van der Waals surface area contributed by atoms with Gasteiger partial charge >= 0.3 is 0 Å². The van der Waals surface area contributed by atoms with Crippen LogP contribution in [0.25, 0.3) is 0 Å². The van der Waals surface area contributed by atoms with Gasteiger partial charge in [0.15, 0.2) is 0 Å². The number of aliphatic hydroxyl groups is 1. The number of unbranched alkanes of at least 4 members (excludes halogenated alkanes) is 8. The highest BCUT2D eigenvalue weighted by Gasteiger charge is 2.17. The first-order valence-electron chi connectivity index (χ1n) is 9.02. The summed E-state index contributed by atoms with van der Waals surface area (Å²) in [4.78, 5) is 0. The zero-order valence-corrected chi connectivity index (χ0v) is 15.3. The van der Waals surface area contributed by atoms with Gasteiger partial charge in [-0.1, -0.05) is 64.7 Å². The van der Waals surface area contributed by atoms with Crippen molar-refractivity contribution >= 4 is 10.1 Å². The predicted octanol–water partition coefficient (Wildman–Crippen LogP) is 4.71. The van der Waals surface area contributed by atoms with E-state index in [0.717, 1.165) is 12.8 Å². The molecule has 0 saturated carbocycles. The average Bonchev–Trinajstić information content (AvgIpc) is 2.44. The van der Waals surface area contributed by atoms with Crippen molar-refractivity contribution in [2.45, 2.75) is 109 Å². The lowest BCUT2D eigenvalue weighted by Crippen LogP contribution is -2.17. The van der Waals surface area contributed by atoms with Crippen molar-refractivity contribution in [1.82, 2.24) is 0 Å². The molecule has 2 atom stereocenters. The first-order chi connectivity index (χ1) is 10.4. The van der Waals surface area contributed by atoms with Gasteiger partial charge in [-0.3, -0.25) is 4.55 Å². The third-order valence-electron chi connectivity index (χ3n) is 4.30. The Morgan fingerprint density at radius 2 is 1.23 bits per heavy atom. The number of rotatable bonds is 15. The Labute approximate surface area is 137 Å². The summed E-state index contributed by atoms with van der Waals surface area (Å²) in [5, 5.41) is 9.12. The van der Waals surface area contributed by atoms with Crippen LogP contribution in [-0.4, -0.2) is 29.4 Å². The molecule has 0 bridgehead atoms. The Morgan fingerprint density at radius 1 is 0.773 bits per heavy atom. The largest absolute Gasteiger partial charge is 0.393 e. The van der Waals surface area contributed by atoms with Gasteiger partial charge in [0.25, 0.3) is 10.1 Å². The summed E-state index contributed by atoms with van der Waals surface area (Å²) in [5.41, 5.74) is 0. The van der Waals surface area contributed by atoms with Crippen molar-refractivity contribution in [1.29, 1.82) is 0 Å². The van der Waals surface area contributed by atoms with Crippen LogP contribution in [0.2, 0.25) is 0 Å². The summed E-state index contributed by atoms with van der Waals surface area (Å²) in [7, 11) is -3.92. The molecule has 2 N–H and O–H groups in total. The third-order valence-corrected chi connectivity index (χ3v) is 5.55. The Morgan fingerprint density at radius 3 is 1.73 bits per heavy atom. The molecule has 2 unspecified atom stereocenters. The van der Waals surface area contributed by atoms with E-state index in [9.17, 15) is 13.5 Å². The van der Waals surface area contributed by atoms with E-state index < -0.39 is 15.4 Å². The molecule has 0 aromatic heterocycles. The maximum Gasteiger partial charge on any atom is 0.267 e. The van der Waals surface area contributed by atoms with Crippen molar-refractivity contribution in [3.8, 4) is 0 Å². The minimum atomic E-state index is -3.92. The second kappa shape index (κ2) is 13.3. The van der Waals surface area contributed by atoms with Gasteiger partial charge in [0.2, 0.25) is 0 Å². The van der Waals surface area contributed by atoms with Crippen LogP contribution in [0, 0.1) is 0 Å². The molecule has 134 valence electrons. The van der Waals surface area contributed by atoms with Crippen LogP contribution in [0.5, 0.6) is 0 Å². The van der Waals surface area contributed by atoms with Gasteiger partial charge in [-0.2, -0.15) is 8.42 Å². The van der Waals surface area contributed by atoms with Gasteiger partial charge in [0.05, 0.1) is 11.4 Å². The minimum absolute atomic E-state index is 0.335. The fraction of sp³-hybridized carbons (Fsp3) is 1.00. The second-order valence-electron chi connectivity index (χ2n) is 6.53. The third kappa shape index (κ3) is 13.5. The number of aliphatic hydroxyl groups excluding tert-OH is 1. The van der Waals surface area contributed by atoms with Gasteiger partial charge < -0.3 is 5.11 Å².